The van der Waals surface area contributed by atoms with Crippen LogP contribution in [0, 0.1) is 6.92 Å². The normalized spacial score (nSPS) is 15.3. The molecule has 0 saturated carbocycles. The Morgan fingerprint density at radius 1 is 1.07 bits per heavy atom. The van der Waals surface area contributed by atoms with E-state index < -0.39 is 0 Å². The first kappa shape index (κ1) is 20.3. The molecule has 1 saturated heterocycles. The third kappa shape index (κ3) is 4.75. The number of hydrogen-bond acceptors (Lipinski definition) is 5. The fourth-order valence-corrected chi connectivity index (χ4v) is 3.72. The van der Waals surface area contributed by atoms with Crippen LogP contribution in [0.4, 0.5) is 0 Å². The van der Waals surface area contributed by atoms with Crippen molar-refractivity contribution in [1.82, 2.24) is 29.9 Å². The van der Waals surface area contributed by atoms with Gasteiger partial charge >= 0.3 is 0 Å². The molecule has 1 N–H and O–H groups in total. The number of pyridine rings is 1. The Hall–Kier alpha value is -3.03. The second-order valence-electron chi connectivity index (χ2n) is 7.83. The van der Waals surface area contributed by atoms with Crippen LogP contribution < -0.4 is 5.32 Å². The number of aromatic nitrogens is 3. The van der Waals surface area contributed by atoms with Crippen molar-refractivity contribution in [2.75, 3.05) is 33.2 Å². The summed E-state index contributed by atoms with van der Waals surface area (Å²) in [5.74, 6) is 0.574. The molecule has 7 nitrogen and oxygen atoms in total. The van der Waals surface area contributed by atoms with Crippen molar-refractivity contribution in [2.24, 2.45) is 0 Å². The molecule has 0 radical (unpaired) electrons. The summed E-state index contributed by atoms with van der Waals surface area (Å²) in [4.78, 5) is 21.9. The summed E-state index contributed by atoms with van der Waals surface area (Å²) < 4.78 is 1.69. The first-order valence-electron chi connectivity index (χ1n) is 10.3. The second kappa shape index (κ2) is 9.19. The summed E-state index contributed by atoms with van der Waals surface area (Å²) in [5.41, 5.74) is 3.72. The topological polar surface area (TPSA) is 66.3 Å². The molecular formula is C23H28N6O. The number of nitrogens with zero attached hydrogens (tertiary/aromatic N) is 5. The van der Waals surface area contributed by atoms with Gasteiger partial charge in [-0.25, -0.2) is 9.67 Å². The van der Waals surface area contributed by atoms with Crippen LogP contribution >= 0.6 is 0 Å². The van der Waals surface area contributed by atoms with E-state index in [1.54, 1.807) is 17.1 Å². The summed E-state index contributed by atoms with van der Waals surface area (Å²) in [6.45, 7) is 7.74. The number of amides is 1. The molecule has 3 aromatic rings. The lowest BCUT2D eigenvalue weighted by Gasteiger charge is -2.32. The van der Waals surface area contributed by atoms with Crippen LogP contribution in [-0.4, -0.2) is 63.7 Å². The molecular weight excluding hydrogens is 376 g/mol. The highest BCUT2D eigenvalue weighted by atomic mass is 16.1. The molecule has 1 fully saturated rings. The van der Waals surface area contributed by atoms with Crippen molar-refractivity contribution in [3.05, 3.63) is 77.2 Å². The molecule has 156 valence electrons. The second-order valence-corrected chi connectivity index (χ2v) is 7.83. The molecule has 1 aromatic carbocycles. The van der Waals surface area contributed by atoms with Crippen molar-refractivity contribution in [3.8, 4) is 5.82 Å². The van der Waals surface area contributed by atoms with Crippen LogP contribution in [0.3, 0.4) is 0 Å². The number of hydrogen-bond donors (Lipinski definition) is 1. The first-order valence-corrected chi connectivity index (χ1v) is 10.3. The minimum atomic E-state index is -0.126. The molecule has 30 heavy (non-hydrogen) atoms. The van der Waals surface area contributed by atoms with Crippen LogP contribution in [0.1, 0.15) is 27.2 Å². The fraction of sp³-hybridized carbons (Fsp3) is 0.348. The zero-order chi connectivity index (χ0) is 20.9. The van der Waals surface area contributed by atoms with Gasteiger partial charge in [0.1, 0.15) is 0 Å². The Morgan fingerprint density at radius 2 is 1.87 bits per heavy atom. The Balaban J connectivity index is 1.37. The van der Waals surface area contributed by atoms with E-state index in [0.29, 0.717) is 17.9 Å². The molecule has 0 bridgehead atoms. The summed E-state index contributed by atoms with van der Waals surface area (Å²) in [6, 6.07) is 14.1. The van der Waals surface area contributed by atoms with Gasteiger partial charge in [-0.05, 0) is 37.2 Å². The average molecular weight is 405 g/mol. The highest BCUT2D eigenvalue weighted by Gasteiger charge is 2.16. The number of piperazine rings is 1. The van der Waals surface area contributed by atoms with Gasteiger partial charge in [0, 0.05) is 45.5 Å². The van der Waals surface area contributed by atoms with Crippen molar-refractivity contribution in [1.29, 1.82) is 0 Å². The maximum atomic E-state index is 12.7. The van der Waals surface area contributed by atoms with Crippen molar-refractivity contribution >= 4 is 5.91 Å². The summed E-state index contributed by atoms with van der Waals surface area (Å²) in [6.07, 6.45) is 3.31. The van der Waals surface area contributed by atoms with Crippen molar-refractivity contribution < 1.29 is 4.79 Å². The molecule has 0 spiro atoms. The Bertz CT molecular complexity index is 992. The van der Waals surface area contributed by atoms with E-state index in [1.807, 2.05) is 25.1 Å². The lowest BCUT2D eigenvalue weighted by Crippen LogP contribution is -2.43. The predicted octanol–water partition coefficient (Wildman–Crippen LogP) is 2.25. The summed E-state index contributed by atoms with van der Waals surface area (Å²) in [7, 11) is 2.17. The minimum Gasteiger partial charge on any atom is -0.348 e. The fourth-order valence-electron chi connectivity index (χ4n) is 3.72. The third-order valence-corrected chi connectivity index (χ3v) is 5.57. The highest BCUT2D eigenvalue weighted by Crippen LogP contribution is 2.13. The molecule has 0 unspecified atom stereocenters. The molecule has 1 aliphatic rings. The van der Waals surface area contributed by atoms with Crippen LogP contribution in [0.15, 0.2) is 54.9 Å². The Labute approximate surface area is 177 Å². The van der Waals surface area contributed by atoms with Gasteiger partial charge in [-0.2, -0.15) is 5.10 Å². The zero-order valence-electron chi connectivity index (χ0n) is 17.6. The van der Waals surface area contributed by atoms with Crippen molar-refractivity contribution in [2.45, 2.75) is 20.0 Å². The van der Waals surface area contributed by atoms with Gasteiger partial charge in [0.05, 0.1) is 17.5 Å². The van der Waals surface area contributed by atoms with Gasteiger partial charge in [0.15, 0.2) is 5.82 Å². The van der Waals surface area contributed by atoms with E-state index in [-0.39, 0.29) is 5.91 Å². The van der Waals surface area contributed by atoms with E-state index in [0.717, 1.165) is 44.0 Å². The third-order valence-electron chi connectivity index (χ3n) is 5.57. The number of carbonyl (C=O) groups is 1. The summed E-state index contributed by atoms with van der Waals surface area (Å²) in [5, 5.41) is 7.36. The van der Waals surface area contributed by atoms with Crippen LogP contribution in [0.5, 0.6) is 0 Å². The van der Waals surface area contributed by atoms with Crippen LogP contribution in [0.25, 0.3) is 5.82 Å². The molecule has 7 heteroatoms. The zero-order valence-corrected chi connectivity index (χ0v) is 17.6. The van der Waals surface area contributed by atoms with E-state index in [9.17, 15) is 4.79 Å². The number of carbonyl (C=O) groups excluding carboxylic acids is 1. The van der Waals surface area contributed by atoms with E-state index >= 15 is 0 Å². The van der Waals surface area contributed by atoms with E-state index in [4.69, 9.17) is 0 Å². The predicted molar refractivity (Wildman–Crippen MR) is 116 cm³/mol. The summed E-state index contributed by atoms with van der Waals surface area (Å²) >= 11 is 0. The minimum absolute atomic E-state index is 0.126. The largest absolute Gasteiger partial charge is 0.348 e. The van der Waals surface area contributed by atoms with Gasteiger partial charge < -0.3 is 10.2 Å². The number of likely N-dealkylation sites (N-methyl/N-ethyl adjacent to an activating group) is 1. The van der Waals surface area contributed by atoms with Gasteiger partial charge in [0.25, 0.3) is 5.91 Å². The monoisotopic (exact) mass is 404 g/mol. The Morgan fingerprint density at radius 3 is 2.63 bits per heavy atom. The quantitative estimate of drug-likeness (QED) is 0.683. The maximum Gasteiger partial charge on any atom is 0.255 e. The molecule has 4 rings (SSSR count). The Kier molecular flexibility index (Phi) is 6.21. The molecule has 3 heterocycles. The van der Waals surface area contributed by atoms with E-state index in [2.05, 4.69) is 56.5 Å². The number of benzene rings is 1. The number of rotatable bonds is 6. The highest BCUT2D eigenvalue weighted by molar-refractivity contribution is 5.95. The maximum absolute atomic E-state index is 12.7. The smallest absolute Gasteiger partial charge is 0.255 e. The lowest BCUT2D eigenvalue weighted by atomic mass is 10.1. The van der Waals surface area contributed by atoms with Gasteiger partial charge in [0.2, 0.25) is 0 Å². The first-order chi connectivity index (χ1) is 14.6. The molecule has 1 amide bonds. The van der Waals surface area contributed by atoms with Gasteiger partial charge in [-0.3, -0.25) is 9.69 Å². The molecule has 0 aliphatic carbocycles. The molecule has 2 aromatic heterocycles. The van der Waals surface area contributed by atoms with Gasteiger partial charge in [-0.15, -0.1) is 0 Å². The lowest BCUT2D eigenvalue weighted by molar-refractivity contribution is 0.0950. The van der Waals surface area contributed by atoms with Crippen molar-refractivity contribution in [3.63, 3.8) is 0 Å². The number of nitrogens with one attached hydrogen (secondary N) is 1. The standard InChI is InChI=1S/C23H28N6O/c1-18-21(16-26-29(18)22-8-3-4-9-24-22)23(30)25-15-19-6-5-7-20(14-19)17-28-12-10-27(2)11-13-28/h3-9,14,16H,10-13,15,17H2,1-2H3,(H,25,30). The average Bonchev–Trinajstić information content (AvgIpc) is 3.16. The van der Waals surface area contributed by atoms with Crippen LogP contribution in [-0.2, 0) is 13.1 Å². The molecule has 0 atom stereocenters. The van der Waals surface area contributed by atoms with Crippen LogP contribution in [0.2, 0.25) is 0 Å². The van der Waals surface area contributed by atoms with Gasteiger partial charge in [-0.1, -0.05) is 30.3 Å². The van der Waals surface area contributed by atoms with E-state index in [1.165, 1.54) is 5.56 Å². The SMILES string of the molecule is Cc1c(C(=O)NCc2cccc(CN3CCN(C)CC3)c2)cnn1-c1ccccn1. The molecule has 1 aliphatic heterocycles.